The molecule has 7 nitrogen and oxygen atoms in total. The van der Waals surface area contributed by atoms with E-state index in [2.05, 4.69) is 24.9 Å². The summed E-state index contributed by atoms with van der Waals surface area (Å²) in [6, 6.07) is 10.8. The Bertz CT molecular complexity index is 826. The van der Waals surface area contributed by atoms with Gasteiger partial charge in [0.1, 0.15) is 5.03 Å². The number of hydrogen-bond acceptors (Lipinski definition) is 7. The molecule has 1 amide bonds. The average Bonchev–Trinajstić information content (AvgIpc) is 3.10. The van der Waals surface area contributed by atoms with Gasteiger partial charge in [-0.25, -0.2) is 0 Å². The van der Waals surface area contributed by atoms with Gasteiger partial charge in [-0.1, -0.05) is 40.7 Å². The van der Waals surface area contributed by atoms with Gasteiger partial charge in [0.05, 0.1) is 11.6 Å². The molecule has 0 bridgehead atoms. The Morgan fingerprint density at radius 3 is 2.75 bits per heavy atom. The van der Waals surface area contributed by atoms with Gasteiger partial charge in [-0.3, -0.25) is 4.79 Å². The Kier molecular flexibility index (Phi) is 5.07. The molecule has 24 heavy (non-hydrogen) atoms. The van der Waals surface area contributed by atoms with Crippen LogP contribution in [0.2, 0.25) is 5.02 Å². The van der Waals surface area contributed by atoms with Crippen molar-refractivity contribution in [3.8, 4) is 0 Å². The van der Waals surface area contributed by atoms with Gasteiger partial charge in [0.15, 0.2) is 11.5 Å². The number of aromatic nitrogens is 4. The Labute approximate surface area is 147 Å². The van der Waals surface area contributed by atoms with Crippen LogP contribution < -0.4 is 0 Å². The van der Waals surface area contributed by atoms with Gasteiger partial charge in [0.25, 0.3) is 5.91 Å². The first-order valence-corrected chi connectivity index (χ1v) is 8.10. The number of benzene rings is 1. The van der Waals surface area contributed by atoms with Crippen molar-refractivity contribution >= 4 is 29.3 Å². The largest absolute Gasteiger partial charge is 0.343 e. The lowest BCUT2D eigenvalue weighted by Gasteiger charge is -2.13. The predicted molar refractivity (Wildman–Crippen MR) is 87.7 cm³/mol. The molecule has 0 saturated carbocycles. The highest BCUT2D eigenvalue weighted by atomic mass is 35.5. The minimum atomic E-state index is -0.276. The number of carbonyl (C=O) groups excluding carboxylic acids is 1. The first-order chi connectivity index (χ1) is 11.6. The molecule has 0 N–H and O–H groups in total. The number of carbonyl (C=O) groups is 1. The van der Waals surface area contributed by atoms with Crippen LogP contribution in [0.4, 0.5) is 0 Å². The molecule has 2 aromatic heterocycles. The van der Waals surface area contributed by atoms with E-state index in [1.807, 2.05) is 24.3 Å². The molecule has 0 fully saturated rings. The third-order valence-corrected chi connectivity index (χ3v) is 4.49. The summed E-state index contributed by atoms with van der Waals surface area (Å²) in [5.41, 5.74) is 0.240. The monoisotopic (exact) mass is 361 g/mol. The maximum absolute atomic E-state index is 12.3. The van der Waals surface area contributed by atoms with Gasteiger partial charge in [-0.15, -0.1) is 10.2 Å². The minimum absolute atomic E-state index is 0.229. The molecule has 0 aliphatic heterocycles. The first kappa shape index (κ1) is 16.4. The summed E-state index contributed by atoms with van der Waals surface area (Å²) in [5, 5.41) is 13.0. The zero-order valence-electron chi connectivity index (χ0n) is 12.6. The van der Waals surface area contributed by atoms with Crippen molar-refractivity contribution in [1.82, 2.24) is 25.2 Å². The molecule has 0 saturated heterocycles. The van der Waals surface area contributed by atoms with Crippen LogP contribution in [0.5, 0.6) is 0 Å². The molecule has 2 heterocycles. The number of hydrogen-bond donors (Lipinski definition) is 0. The maximum atomic E-state index is 12.3. The summed E-state index contributed by atoms with van der Waals surface area (Å²) in [5.74, 6) is 0.145. The van der Waals surface area contributed by atoms with E-state index in [0.29, 0.717) is 15.9 Å². The number of halogens is 1. The lowest BCUT2D eigenvalue weighted by atomic mass is 10.3. The third-order valence-electron chi connectivity index (χ3n) is 3.04. The van der Waals surface area contributed by atoms with Gasteiger partial charge in [-0.2, -0.15) is 4.98 Å². The Morgan fingerprint density at radius 2 is 2.08 bits per heavy atom. The third kappa shape index (κ3) is 3.90. The van der Waals surface area contributed by atoms with Crippen molar-refractivity contribution in [2.24, 2.45) is 0 Å². The Balaban J connectivity index is 1.67. The zero-order valence-corrected chi connectivity index (χ0v) is 14.2. The summed E-state index contributed by atoms with van der Waals surface area (Å²) < 4.78 is 4.64. The van der Waals surface area contributed by atoms with E-state index in [4.69, 9.17) is 11.6 Å². The molecular formula is C15H12ClN5O2S. The van der Waals surface area contributed by atoms with Gasteiger partial charge < -0.3 is 9.42 Å². The molecule has 0 aliphatic rings. The SMILES string of the molecule is CN(Cc1ncon1)C(=O)c1ccc(Sc2ccccc2Cl)nn1. The first-order valence-electron chi connectivity index (χ1n) is 6.90. The number of nitrogens with zero attached hydrogens (tertiary/aromatic N) is 5. The van der Waals surface area contributed by atoms with Crippen molar-refractivity contribution in [3.05, 3.63) is 59.3 Å². The molecule has 0 atom stereocenters. The van der Waals surface area contributed by atoms with Crippen LogP contribution in [0.3, 0.4) is 0 Å². The molecule has 0 spiro atoms. The Hall–Kier alpha value is -2.45. The second kappa shape index (κ2) is 7.41. The van der Waals surface area contributed by atoms with Crippen molar-refractivity contribution in [2.45, 2.75) is 16.5 Å². The van der Waals surface area contributed by atoms with E-state index in [0.717, 1.165) is 4.90 Å². The van der Waals surface area contributed by atoms with Crippen LogP contribution >= 0.6 is 23.4 Å². The van der Waals surface area contributed by atoms with E-state index < -0.39 is 0 Å². The smallest absolute Gasteiger partial charge is 0.274 e. The molecule has 3 rings (SSSR count). The van der Waals surface area contributed by atoms with Gasteiger partial charge >= 0.3 is 0 Å². The molecule has 1 aromatic carbocycles. The van der Waals surface area contributed by atoms with E-state index in [1.54, 1.807) is 19.2 Å². The highest BCUT2D eigenvalue weighted by Gasteiger charge is 2.16. The highest BCUT2D eigenvalue weighted by molar-refractivity contribution is 7.99. The van der Waals surface area contributed by atoms with Gasteiger partial charge in [-0.05, 0) is 24.3 Å². The van der Waals surface area contributed by atoms with Gasteiger partial charge in [0.2, 0.25) is 6.39 Å². The van der Waals surface area contributed by atoms with Crippen LogP contribution in [0, 0.1) is 0 Å². The van der Waals surface area contributed by atoms with E-state index in [1.165, 1.54) is 23.1 Å². The van der Waals surface area contributed by atoms with Crippen molar-refractivity contribution in [2.75, 3.05) is 7.05 Å². The molecular weight excluding hydrogens is 350 g/mol. The quantitative estimate of drug-likeness (QED) is 0.690. The fourth-order valence-corrected chi connectivity index (χ4v) is 2.88. The Morgan fingerprint density at radius 1 is 1.25 bits per heavy atom. The summed E-state index contributed by atoms with van der Waals surface area (Å²) in [6.45, 7) is 0.229. The summed E-state index contributed by atoms with van der Waals surface area (Å²) in [7, 11) is 1.63. The number of rotatable bonds is 5. The molecule has 3 aromatic rings. The maximum Gasteiger partial charge on any atom is 0.274 e. The number of amides is 1. The summed E-state index contributed by atoms with van der Waals surface area (Å²) >= 11 is 7.50. The molecule has 0 unspecified atom stereocenters. The highest BCUT2D eigenvalue weighted by Crippen LogP contribution is 2.31. The van der Waals surface area contributed by atoms with Crippen LogP contribution in [0.1, 0.15) is 16.3 Å². The van der Waals surface area contributed by atoms with Crippen molar-refractivity contribution in [3.63, 3.8) is 0 Å². The topological polar surface area (TPSA) is 85.0 Å². The second-order valence-electron chi connectivity index (χ2n) is 4.80. The van der Waals surface area contributed by atoms with Crippen LogP contribution in [0.15, 0.2) is 57.2 Å². The minimum Gasteiger partial charge on any atom is -0.343 e. The van der Waals surface area contributed by atoms with E-state index >= 15 is 0 Å². The van der Waals surface area contributed by atoms with Crippen LogP contribution in [-0.4, -0.2) is 38.2 Å². The zero-order chi connectivity index (χ0) is 16.9. The van der Waals surface area contributed by atoms with Gasteiger partial charge in [0, 0.05) is 11.9 Å². The van der Waals surface area contributed by atoms with E-state index in [9.17, 15) is 4.79 Å². The average molecular weight is 362 g/mol. The molecule has 0 radical (unpaired) electrons. The van der Waals surface area contributed by atoms with Crippen LogP contribution in [-0.2, 0) is 6.54 Å². The fraction of sp³-hybridized carbons (Fsp3) is 0.133. The summed E-state index contributed by atoms with van der Waals surface area (Å²) in [4.78, 5) is 18.5. The standard InChI is InChI=1S/C15H12ClN5O2S/c1-21(8-13-17-9-23-20-13)15(22)11-6-7-14(19-18-11)24-12-5-3-2-4-10(12)16/h2-7,9H,8H2,1H3. The fourth-order valence-electron chi connectivity index (χ4n) is 1.87. The molecule has 9 heteroatoms. The summed E-state index contributed by atoms with van der Waals surface area (Å²) in [6.07, 6.45) is 1.22. The van der Waals surface area contributed by atoms with Crippen molar-refractivity contribution in [1.29, 1.82) is 0 Å². The predicted octanol–water partition coefficient (Wildman–Crippen LogP) is 2.94. The molecule has 122 valence electrons. The van der Waals surface area contributed by atoms with Crippen LogP contribution in [0.25, 0.3) is 0 Å². The lowest BCUT2D eigenvalue weighted by molar-refractivity contribution is 0.0773. The molecule has 0 aliphatic carbocycles. The van der Waals surface area contributed by atoms with Crippen molar-refractivity contribution < 1.29 is 9.32 Å². The van der Waals surface area contributed by atoms with E-state index in [-0.39, 0.29) is 18.1 Å². The normalized spacial score (nSPS) is 10.6. The second-order valence-corrected chi connectivity index (χ2v) is 6.27. The lowest BCUT2D eigenvalue weighted by Crippen LogP contribution is -2.27.